The summed E-state index contributed by atoms with van der Waals surface area (Å²) < 4.78 is 0. The standard InChI is InChI=1S/C21H26ClN3O2/c1-12(24-25-21(27)15-3-2-4-18(22)11-15)5-19(26)23-20-16-7-13-6-14(9-16)10-17(20)8-13/h2-4,11,13-14,16-17,20H,5-10H2,1H3,(H,23,26)(H,25,27)/b24-12+. The van der Waals surface area contributed by atoms with Gasteiger partial charge < -0.3 is 5.32 Å². The number of hydrogen-bond donors (Lipinski definition) is 2. The molecule has 1 aromatic rings. The van der Waals surface area contributed by atoms with E-state index in [2.05, 4.69) is 15.8 Å². The van der Waals surface area contributed by atoms with Crippen LogP contribution in [0.5, 0.6) is 0 Å². The van der Waals surface area contributed by atoms with Crippen LogP contribution in [-0.4, -0.2) is 23.6 Å². The van der Waals surface area contributed by atoms with Crippen molar-refractivity contribution in [1.82, 2.24) is 10.7 Å². The van der Waals surface area contributed by atoms with Gasteiger partial charge >= 0.3 is 0 Å². The number of carbonyl (C=O) groups excluding carboxylic acids is 2. The molecule has 4 bridgehead atoms. The fourth-order valence-corrected chi connectivity index (χ4v) is 5.70. The van der Waals surface area contributed by atoms with Crippen LogP contribution in [0.4, 0.5) is 0 Å². The summed E-state index contributed by atoms with van der Waals surface area (Å²) in [6.07, 6.45) is 6.73. The third kappa shape index (κ3) is 4.18. The fourth-order valence-electron chi connectivity index (χ4n) is 5.51. The van der Waals surface area contributed by atoms with Gasteiger partial charge in [-0.25, -0.2) is 5.43 Å². The van der Waals surface area contributed by atoms with Crippen LogP contribution in [0.25, 0.3) is 0 Å². The van der Waals surface area contributed by atoms with Gasteiger partial charge in [-0.2, -0.15) is 5.10 Å². The molecule has 4 fully saturated rings. The van der Waals surface area contributed by atoms with E-state index in [4.69, 9.17) is 11.6 Å². The average molecular weight is 388 g/mol. The van der Waals surface area contributed by atoms with E-state index in [9.17, 15) is 9.59 Å². The zero-order valence-corrected chi connectivity index (χ0v) is 16.3. The minimum absolute atomic E-state index is 0.00530. The van der Waals surface area contributed by atoms with Crippen molar-refractivity contribution < 1.29 is 9.59 Å². The number of nitrogens with zero attached hydrogens (tertiary/aromatic N) is 1. The number of amides is 2. The molecule has 0 spiro atoms. The van der Waals surface area contributed by atoms with Gasteiger partial charge in [-0.1, -0.05) is 17.7 Å². The van der Waals surface area contributed by atoms with Gasteiger partial charge in [0.25, 0.3) is 5.91 Å². The second kappa shape index (κ2) is 7.63. The quantitative estimate of drug-likeness (QED) is 0.596. The molecule has 27 heavy (non-hydrogen) atoms. The second-order valence-corrected chi connectivity index (χ2v) is 8.94. The largest absolute Gasteiger partial charge is 0.352 e. The van der Waals surface area contributed by atoms with E-state index in [1.54, 1.807) is 31.2 Å². The van der Waals surface area contributed by atoms with Crippen molar-refractivity contribution in [2.75, 3.05) is 0 Å². The summed E-state index contributed by atoms with van der Waals surface area (Å²) in [4.78, 5) is 24.6. The number of hydrogen-bond acceptors (Lipinski definition) is 3. The summed E-state index contributed by atoms with van der Waals surface area (Å²) >= 11 is 5.90. The number of rotatable bonds is 5. The van der Waals surface area contributed by atoms with Crippen LogP contribution >= 0.6 is 11.6 Å². The molecule has 4 saturated carbocycles. The predicted molar refractivity (Wildman–Crippen MR) is 106 cm³/mol. The Balaban J connectivity index is 1.29. The van der Waals surface area contributed by atoms with Gasteiger partial charge in [-0.15, -0.1) is 0 Å². The SMILES string of the molecule is C/C(CC(=O)NC1C2CC3CC(C2)CC1C3)=N\NC(=O)c1cccc(Cl)c1. The van der Waals surface area contributed by atoms with Gasteiger partial charge in [0.05, 0.1) is 6.42 Å². The molecule has 0 saturated heterocycles. The molecule has 0 radical (unpaired) electrons. The molecule has 4 aliphatic carbocycles. The summed E-state index contributed by atoms with van der Waals surface area (Å²) in [5, 5.41) is 7.84. The highest BCUT2D eigenvalue weighted by Gasteiger charge is 2.48. The molecule has 0 aromatic heterocycles. The second-order valence-electron chi connectivity index (χ2n) is 8.50. The molecule has 5 rings (SSSR count). The number of nitrogens with one attached hydrogen (secondary N) is 2. The van der Waals surface area contributed by atoms with E-state index >= 15 is 0 Å². The lowest BCUT2D eigenvalue weighted by Gasteiger charge is -2.54. The molecule has 5 nitrogen and oxygen atoms in total. The van der Waals surface area contributed by atoms with Crippen LogP contribution < -0.4 is 10.7 Å². The lowest BCUT2D eigenvalue weighted by atomic mass is 9.54. The van der Waals surface area contributed by atoms with Crippen molar-refractivity contribution in [3.8, 4) is 0 Å². The topological polar surface area (TPSA) is 70.6 Å². The first-order valence-electron chi connectivity index (χ1n) is 9.86. The molecular formula is C21H26ClN3O2. The number of carbonyl (C=O) groups is 2. The van der Waals surface area contributed by atoms with Crippen LogP contribution in [0.1, 0.15) is 55.8 Å². The minimum atomic E-state index is -0.335. The number of halogens is 1. The maximum atomic E-state index is 12.5. The third-order valence-corrected chi connectivity index (χ3v) is 6.64. The van der Waals surface area contributed by atoms with Crippen molar-refractivity contribution in [3.05, 3.63) is 34.9 Å². The van der Waals surface area contributed by atoms with Crippen LogP contribution in [0.15, 0.2) is 29.4 Å². The van der Waals surface area contributed by atoms with Crippen molar-refractivity contribution in [3.63, 3.8) is 0 Å². The Morgan fingerprint density at radius 1 is 1.11 bits per heavy atom. The number of hydrazone groups is 1. The summed E-state index contributed by atoms with van der Waals surface area (Å²) in [6, 6.07) is 7.01. The third-order valence-electron chi connectivity index (χ3n) is 6.41. The molecule has 1 aromatic carbocycles. The molecule has 4 aliphatic rings. The molecule has 0 aliphatic heterocycles. The number of benzene rings is 1. The van der Waals surface area contributed by atoms with Crippen LogP contribution in [0, 0.1) is 23.7 Å². The highest BCUT2D eigenvalue weighted by molar-refractivity contribution is 6.30. The molecule has 0 heterocycles. The van der Waals surface area contributed by atoms with E-state index in [0.717, 1.165) is 11.8 Å². The lowest BCUT2D eigenvalue weighted by Crippen LogP contribution is -2.56. The Kier molecular flexibility index (Phi) is 5.22. The summed E-state index contributed by atoms with van der Waals surface area (Å²) in [6.45, 7) is 1.76. The average Bonchev–Trinajstić information content (AvgIpc) is 2.62. The van der Waals surface area contributed by atoms with Crippen LogP contribution in [0.2, 0.25) is 5.02 Å². The van der Waals surface area contributed by atoms with Gasteiger partial charge in [0.1, 0.15) is 0 Å². The van der Waals surface area contributed by atoms with Gasteiger partial charge in [0.2, 0.25) is 5.91 Å². The minimum Gasteiger partial charge on any atom is -0.352 e. The highest BCUT2D eigenvalue weighted by Crippen LogP contribution is 2.53. The molecule has 2 amide bonds. The summed E-state index contributed by atoms with van der Waals surface area (Å²) in [5.74, 6) is 2.77. The first-order chi connectivity index (χ1) is 13.0. The Hall–Kier alpha value is -1.88. The van der Waals surface area contributed by atoms with Gasteiger partial charge in [0.15, 0.2) is 0 Å². The molecule has 0 unspecified atom stereocenters. The fraction of sp³-hybridized carbons (Fsp3) is 0.571. The maximum Gasteiger partial charge on any atom is 0.271 e. The first-order valence-corrected chi connectivity index (χ1v) is 10.2. The summed E-state index contributed by atoms with van der Waals surface area (Å²) in [7, 11) is 0. The van der Waals surface area contributed by atoms with Gasteiger partial charge in [-0.3, -0.25) is 9.59 Å². The molecule has 0 atom stereocenters. The summed E-state index contributed by atoms with van der Waals surface area (Å²) in [5.41, 5.74) is 3.53. The molecule has 144 valence electrons. The van der Waals surface area contributed by atoms with Crippen molar-refractivity contribution in [1.29, 1.82) is 0 Å². The van der Waals surface area contributed by atoms with E-state index < -0.39 is 0 Å². The Morgan fingerprint density at radius 3 is 2.41 bits per heavy atom. The smallest absolute Gasteiger partial charge is 0.271 e. The monoisotopic (exact) mass is 387 g/mol. The zero-order valence-electron chi connectivity index (χ0n) is 15.6. The van der Waals surface area contributed by atoms with E-state index in [1.807, 2.05) is 0 Å². The maximum absolute atomic E-state index is 12.5. The van der Waals surface area contributed by atoms with Crippen molar-refractivity contribution in [2.24, 2.45) is 28.8 Å². The highest BCUT2D eigenvalue weighted by atomic mass is 35.5. The van der Waals surface area contributed by atoms with Crippen LogP contribution in [0.3, 0.4) is 0 Å². The molecule has 6 heteroatoms. The van der Waals surface area contributed by atoms with Gasteiger partial charge in [-0.05, 0) is 80.9 Å². The Bertz CT molecular complexity index is 748. The van der Waals surface area contributed by atoms with E-state index in [1.165, 1.54) is 32.1 Å². The van der Waals surface area contributed by atoms with E-state index in [-0.39, 0.29) is 18.2 Å². The van der Waals surface area contributed by atoms with Crippen LogP contribution in [-0.2, 0) is 4.79 Å². The predicted octanol–water partition coefficient (Wildman–Crippen LogP) is 3.78. The van der Waals surface area contributed by atoms with Crippen molar-refractivity contribution >= 4 is 29.1 Å². The Labute approximate surface area is 164 Å². The van der Waals surface area contributed by atoms with Crippen molar-refractivity contribution in [2.45, 2.75) is 51.5 Å². The normalized spacial score (nSPS) is 31.6. The Morgan fingerprint density at radius 2 is 1.78 bits per heavy atom. The lowest BCUT2D eigenvalue weighted by molar-refractivity contribution is -0.123. The molecular weight excluding hydrogens is 362 g/mol. The van der Waals surface area contributed by atoms with E-state index in [0.29, 0.717) is 34.2 Å². The zero-order chi connectivity index (χ0) is 19.0. The van der Waals surface area contributed by atoms with Gasteiger partial charge in [0, 0.05) is 22.3 Å². The first kappa shape index (κ1) is 18.5. The molecule has 2 N–H and O–H groups in total.